The van der Waals surface area contributed by atoms with Crippen LogP contribution in [0.2, 0.25) is 0 Å². The quantitative estimate of drug-likeness (QED) is 0.803. The van der Waals surface area contributed by atoms with E-state index in [1.165, 1.54) is 43.5 Å². The van der Waals surface area contributed by atoms with Crippen molar-refractivity contribution in [1.29, 1.82) is 0 Å². The maximum Gasteiger partial charge on any atom is 0.338 e. The molecule has 4 rings (SSSR count). The highest BCUT2D eigenvalue weighted by Crippen LogP contribution is 2.33. The normalized spacial score (nSPS) is 17.8. The van der Waals surface area contributed by atoms with Crippen LogP contribution in [-0.4, -0.2) is 49.8 Å². The van der Waals surface area contributed by atoms with E-state index in [2.05, 4.69) is 10.7 Å². The number of nitrogens with zero attached hydrogens (tertiary/aromatic N) is 2. The van der Waals surface area contributed by atoms with Crippen molar-refractivity contribution >= 4 is 17.6 Å². The van der Waals surface area contributed by atoms with Crippen LogP contribution in [0.5, 0.6) is 11.5 Å². The van der Waals surface area contributed by atoms with Gasteiger partial charge < -0.3 is 19.7 Å². The van der Waals surface area contributed by atoms with E-state index >= 15 is 0 Å². The van der Waals surface area contributed by atoms with Crippen molar-refractivity contribution in [2.45, 2.75) is 18.5 Å². The third-order valence-corrected chi connectivity index (χ3v) is 5.50. The van der Waals surface area contributed by atoms with Crippen LogP contribution in [-0.2, 0) is 0 Å². The van der Waals surface area contributed by atoms with Crippen molar-refractivity contribution in [3.63, 3.8) is 0 Å². The molecule has 158 valence electrons. The zero-order valence-corrected chi connectivity index (χ0v) is 16.8. The van der Waals surface area contributed by atoms with Gasteiger partial charge in [-0.1, -0.05) is 6.07 Å². The molecule has 0 unspecified atom stereocenters. The van der Waals surface area contributed by atoms with E-state index in [-0.39, 0.29) is 17.8 Å². The SMILES string of the molecule is COc1cccc(C(=O)N2CCC3(CC2)NC(=O)N(c2ccc(F)cc2)N3)c1OC. The predicted molar refractivity (Wildman–Crippen MR) is 108 cm³/mol. The monoisotopic (exact) mass is 414 g/mol. The third-order valence-electron chi connectivity index (χ3n) is 5.50. The van der Waals surface area contributed by atoms with Crippen molar-refractivity contribution in [2.24, 2.45) is 0 Å². The maximum atomic E-state index is 13.2. The second kappa shape index (κ2) is 7.83. The Labute approximate surface area is 173 Å². The molecule has 8 nitrogen and oxygen atoms in total. The Kier molecular flexibility index (Phi) is 5.21. The molecular formula is C21H23FN4O4. The minimum atomic E-state index is -0.652. The third kappa shape index (κ3) is 3.52. The number of hydrazine groups is 1. The van der Waals surface area contributed by atoms with Crippen molar-refractivity contribution in [2.75, 3.05) is 32.3 Å². The summed E-state index contributed by atoms with van der Waals surface area (Å²) in [4.78, 5) is 27.3. The molecule has 1 spiro atoms. The van der Waals surface area contributed by atoms with Gasteiger partial charge in [0.15, 0.2) is 11.5 Å². The lowest BCUT2D eigenvalue weighted by Crippen LogP contribution is -2.58. The molecule has 0 aliphatic carbocycles. The molecule has 0 atom stereocenters. The largest absolute Gasteiger partial charge is 0.493 e. The molecule has 2 N–H and O–H groups in total. The van der Waals surface area contributed by atoms with Gasteiger partial charge in [0.25, 0.3) is 5.91 Å². The summed E-state index contributed by atoms with van der Waals surface area (Å²) in [5.74, 6) is 0.379. The number of carbonyl (C=O) groups excluding carboxylic acids is 2. The minimum Gasteiger partial charge on any atom is -0.493 e. The van der Waals surface area contributed by atoms with Crippen molar-refractivity contribution < 1.29 is 23.5 Å². The summed E-state index contributed by atoms with van der Waals surface area (Å²) in [6.45, 7) is 0.896. The number of likely N-dealkylation sites (tertiary alicyclic amines) is 1. The zero-order valence-electron chi connectivity index (χ0n) is 16.8. The number of hydrogen-bond acceptors (Lipinski definition) is 5. The standard InChI is InChI=1S/C21H23FN4O4/c1-29-17-5-3-4-16(18(17)30-2)19(27)25-12-10-21(11-13-25)23-20(28)26(24-21)15-8-6-14(22)7-9-15/h3-9,24H,10-13H2,1-2H3,(H,23,28). The lowest BCUT2D eigenvalue weighted by molar-refractivity contribution is 0.0637. The van der Waals surface area contributed by atoms with Crippen LogP contribution < -0.4 is 25.2 Å². The first-order chi connectivity index (χ1) is 14.5. The fourth-order valence-corrected chi connectivity index (χ4v) is 3.88. The molecule has 2 saturated heterocycles. The van der Waals surface area contributed by atoms with Gasteiger partial charge in [0.1, 0.15) is 11.5 Å². The Morgan fingerprint density at radius 2 is 1.77 bits per heavy atom. The van der Waals surface area contributed by atoms with Crippen molar-refractivity contribution in [1.82, 2.24) is 15.6 Å². The first-order valence-electron chi connectivity index (χ1n) is 9.62. The summed E-state index contributed by atoms with van der Waals surface area (Å²) in [5.41, 5.74) is 3.53. The molecule has 30 heavy (non-hydrogen) atoms. The minimum absolute atomic E-state index is 0.152. The second-order valence-corrected chi connectivity index (χ2v) is 7.27. The van der Waals surface area contributed by atoms with Crippen molar-refractivity contribution in [3.05, 3.63) is 53.8 Å². The van der Waals surface area contributed by atoms with Crippen LogP contribution >= 0.6 is 0 Å². The first kappa shape index (κ1) is 20.0. The summed E-state index contributed by atoms with van der Waals surface area (Å²) in [5, 5.41) is 4.35. The first-order valence-corrected chi connectivity index (χ1v) is 9.62. The maximum absolute atomic E-state index is 13.2. The van der Waals surface area contributed by atoms with E-state index in [0.29, 0.717) is 48.7 Å². The van der Waals surface area contributed by atoms with Crippen LogP contribution in [0.25, 0.3) is 0 Å². The molecule has 2 heterocycles. The van der Waals surface area contributed by atoms with E-state index in [1.54, 1.807) is 23.1 Å². The van der Waals surface area contributed by atoms with Gasteiger partial charge in [0.2, 0.25) is 0 Å². The summed E-state index contributed by atoms with van der Waals surface area (Å²) in [6, 6.07) is 10.6. The average molecular weight is 414 g/mol. The van der Waals surface area contributed by atoms with E-state index in [9.17, 15) is 14.0 Å². The van der Waals surface area contributed by atoms with Crippen LogP contribution in [0.3, 0.4) is 0 Å². The van der Waals surface area contributed by atoms with Gasteiger partial charge in [-0.05, 0) is 36.4 Å². The summed E-state index contributed by atoms with van der Waals surface area (Å²) in [7, 11) is 3.03. The molecule has 2 aromatic carbocycles. The van der Waals surface area contributed by atoms with Gasteiger partial charge in [0, 0.05) is 25.9 Å². The average Bonchev–Trinajstić information content (AvgIpc) is 3.09. The topological polar surface area (TPSA) is 83.1 Å². The number of methoxy groups -OCH3 is 2. The molecule has 0 radical (unpaired) electrons. The Bertz CT molecular complexity index is 958. The predicted octanol–water partition coefficient (Wildman–Crippen LogP) is 2.51. The molecule has 9 heteroatoms. The molecule has 2 aliphatic heterocycles. The molecule has 0 bridgehead atoms. The number of benzene rings is 2. The van der Waals surface area contributed by atoms with E-state index in [1.807, 2.05) is 0 Å². The number of para-hydroxylation sites is 1. The molecule has 2 aromatic rings. The molecule has 2 aliphatic rings. The summed E-state index contributed by atoms with van der Waals surface area (Å²) < 4.78 is 23.8. The lowest BCUT2D eigenvalue weighted by Gasteiger charge is -2.39. The molecule has 3 amide bonds. The fraction of sp³-hybridized carbons (Fsp3) is 0.333. The Balaban J connectivity index is 1.46. The van der Waals surface area contributed by atoms with Gasteiger partial charge in [-0.3, -0.25) is 4.79 Å². The summed E-state index contributed by atoms with van der Waals surface area (Å²) >= 11 is 0. The van der Waals surface area contributed by atoms with E-state index in [0.717, 1.165) is 0 Å². The van der Waals surface area contributed by atoms with Gasteiger partial charge in [-0.2, -0.15) is 0 Å². The number of ether oxygens (including phenoxy) is 2. The Hall–Kier alpha value is -3.33. The second-order valence-electron chi connectivity index (χ2n) is 7.27. The van der Waals surface area contributed by atoms with Gasteiger partial charge in [-0.25, -0.2) is 19.6 Å². The number of hydrogen-bond donors (Lipinski definition) is 2. The number of piperidine rings is 1. The van der Waals surface area contributed by atoms with Crippen LogP contribution in [0, 0.1) is 5.82 Å². The van der Waals surface area contributed by atoms with Crippen molar-refractivity contribution in [3.8, 4) is 11.5 Å². The highest BCUT2D eigenvalue weighted by atomic mass is 19.1. The zero-order chi connectivity index (χ0) is 21.3. The number of rotatable bonds is 4. The molecule has 2 fully saturated rings. The number of nitrogens with one attached hydrogen (secondary N) is 2. The van der Waals surface area contributed by atoms with Gasteiger partial charge >= 0.3 is 6.03 Å². The van der Waals surface area contributed by atoms with Gasteiger partial charge in [0.05, 0.1) is 25.5 Å². The van der Waals surface area contributed by atoms with Crippen LogP contribution in [0.15, 0.2) is 42.5 Å². The number of anilines is 1. The smallest absolute Gasteiger partial charge is 0.338 e. The number of carbonyl (C=O) groups is 2. The summed E-state index contributed by atoms with van der Waals surface area (Å²) in [6.07, 6.45) is 1.04. The number of urea groups is 1. The van der Waals surface area contributed by atoms with Crippen LogP contribution in [0.4, 0.5) is 14.9 Å². The molecule has 0 aromatic heterocycles. The van der Waals surface area contributed by atoms with Gasteiger partial charge in [-0.15, -0.1) is 0 Å². The Morgan fingerprint density at radius 3 is 2.40 bits per heavy atom. The van der Waals surface area contributed by atoms with E-state index < -0.39 is 5.66 Å². The fourth-order valence-electron chi connectivity index (χ4n) is 3.88. The van der Waals surface area contributed by atoms with E-state index in [4.69, 9.17) is 9.47 Å². The number of amides is 3. The highest BCUT2D eigenvalue weighted by Gasteiger charge is 2.45. The number of halogens is 1. The lowest BCUT2D eigenvalue weighted by atomic mass is 9.97. The highest BCUT2D eigenvalue weighted by molar-refractivity contribution is 5.98. The molecule has 0 saturated carbocycles. The Morgan fingerprint density at radius 1 is 1.07 bits per heavy atom. The molecular weight excluding hydrogens is 391 g/mol. The van der Waals surface area contributed by atoms with Crippen LogP contribution in [0.1, 0.15) is 23.2 Å².